The van der Waals surface area contributed by atoms with Crippen LogP contribution in [0.15, 0.2) is 28.8 Å². The van der Waals surface area contributed by atoms with E-state index in [9.17, 15) is 4.79 Å². The van der Waals surface area contributed by atoms with Crippen molar-refractivity contribution in [2.45, 2.75) is 13.5 Å². The molecule has 0 aliphatic carbocycles. The van der Waals surface area contributed by atoms with E-state index in [4.69, 9.17) is 20.9 Å². The van der Waals surface area contributed by atoms with Gasteiger partial charge in [-0.2, -0.15) is 0 Å². The molecule has 0 unspecified atom stereocenters. The normalized spacial score (nSPS) is 10.2. The Kier molecular flexibility index (Phi) is 4.47. The van der Waals surface area contributed by atoms with Gasteiger partial charge in [-0.15, -0.1) is 0 Å². The molecule has 0 spiro atoms. The molecule has 0 aliphatic heterocycles. The van der Waals surface area contributed by atoms with Crippen molar-refractivity contribution < 1.29 is 14.1 Å². The van der Waals surface area contributed by atoms with E-state index in [2.05, 4.69) is 15.8 Å². The number of ether oxygens (including phenoxy) is 1. The molecule has 1 heterocycles. The number of hydrogen-bond donors (Lipinski definition) is 2. The Morgan fingerprint density at radius 2 is 2.25 bits per heavy atom. The number of aromatic nitrogens is 1. The first kappa shape index (κ1) is 14.2. The van der Waals surface area contributed by atoms with Gasteiger partial charge in [-0.3, -0.25) is 5.32 Å². The van der Waals surface area contributed by atoms with Gasteiger partial charge in [0, 0.05) is 23.2 Å². The van der Waals surface area contributed by atoms with Crippen LogP contribution >= 0.6 is 11.6 Å². The first-order valence-corrected chi connectivity index (χ1v) is 6.27. The van der Waals surface area contributed by atoms with Gasteiger partial charge in [-0.1, -0.05) is 16.8 Å². The molecule has 2 N–H and O–H groups in total. The summed E-state index contributed by atoms with van der Waals surface area (Å²) in [5, 5.41) is 9.49. The number of nitrogens with zero attached hydrogens (tertiary/aromatic N) is 1. The highest BCUT2D eigenvalue weighted by Gasteiger charge is 2.08. The molecule has 20 heavy (non-hydrogen) atoms. The number of hydrogen-bond acceptors (Lipinski definition) is 4. The lowest BCUT2D eigenvalue weighted by atomic mass is 10.2. The number of benzene rings is 1. The van der Waals surface area contributed by atoms with E-state index < -0.39 is 0 Å². The van der Waals surface area contributed by atoms with E-state index >= 15 is 0 Å². The maximum absolute atomic E-state index is 11.7. The Bertz CT molecular complexity index is 613. The quantitative estimate of drug-likeness (QED) is 0.909. The zero-order chi connectivity index (χ0) is 14.5. The lowest BCUT2D eigenvalue weighted by molar-refractivity contribution is 0.251. The highest BCUT2D eigenvalue weighted by atomic mass is 35.5. The van der Waals surface area contributed by atoms with Crippen molar-refractivity contribution in [1.82, 2.24) is 10.5 Å². The molecule has 0 radical (unpaired) electrons. The highest BCUT2D eigenvalue weighted by molar-refractivity contribution is 6.30. The topological polar surface area (TPSA) is 76.4 Å². The molecule has 2 aromatic rings. The summed E-state index contributed by atoms with van der Waals surface area (Å²) in [5.41, 5.74) is 0.784. The van der Waals surface area contributed by atoms with Crippen LogP contribution < -0.4 is 15.4 Å². The van der Waals surface area contributed by atoms with Crippen LogP contribution in [0.3, 0.4) is 0 Å². The number of halogens is 1. The predicted molar refractivity (Wildman–Crippen MR) is 75.1 cm³/mol. The number of urea groups is 1. The zero-order valence-corrected chi connectivity index (χ0v) is 11.8. The summed E-state index contributed by atoms with van der Waals surface area (Å²) in [6, 6.07) is 6.45. The van der Waals surface area contributed by atoms with Gasteiger partial charge in [-0.05, 0) is 25.1 Å². The van der Waals surface area contributed by atoms with Gasteiger partial charge in [0.2, 0.25) is 0 Å². The molecule has 0 saturated carbocycles. The van der Waals surface area contributed by atoms with Gasteiger partial charge in [0.05, 0.1) is 7.11 Å². The summed E-state index contributed by atoms with van der Waals surface area (Å²) in [5.74, 6) is 1.64. The van der Waals surface area contributed by atoms with Crippen LogP contribution in [0.2, 0.25) is 5.02 Å². The molecule has 2 rings (SSSR count). The van der Waals surface area contributed by atoms with E-state index in [0.717, 1.165) is 5.56 Å². The third-order valence-electron chi connectivity index (χ3n) is 2.55. The fourth-order valence-electron chi connectivity index (χ4n) is 1.65. The van der Waals surface area contributed by atoms with Crippen molar-refractivity contribution in [3.8, 4) is 5.75 Å². The first-order chi connectivity index (χ1) is 9.58. The van der Waals surface area contributed by atoms with Crippen molar-refractivity contribution in [1.29, 1.82) is 0 Å². The molecular formula is C13H14ClN3O3. The number of carbonyl (C=O) groups excluding carboxylic acids is 1. The molecule has 0 aliphatic rings. The Morgan fingerprint density at radius 3 is 2.90 bits per heavy atom. The molecule has 7 heteroatoms. The minimum atomic E-state index is -0.389. The van der Waals surface area contributed by atoms with E-state index in [-0.39, 0.29) is 12.6 Å². The zero-order valence-electron chi connectivity index (χ0n) is 11.1. The minimum absolute atomic E-state index is 0.284. The molecule has 6 nitrogen and oxygen atoms in total. The Hall–Kier alpha value is -2.21. The fraction of sp³-hybridized carbons (Fsp3) is 0.231. The van der Waals surface area contributed by atoms with E-state index in [1.54, 1.807) is 38.3 Å². The molecule has 1 aromatic carbocycles. The van der Waals surface area contributed by atoms with Gasteiger partial charge in [-0.25, -0.2) is 4.79 Å². The van der Waals surface area contributed by atoms with Gasteiger partial charge >= 0.3 is 6.03 Å². The average molecular weight is 296 g/mol. The summed E-state index contributed by atoms with van der Waals surface area (Å²) >= 11 is 5.92. The smallest absolute Gasteiger partial charge is 0.320 e. The monoisotopic (exact) mass is 295 g/mol. The maximum atomic E-state index is 11.7. The lowest BCUT2D eigenvalue weighted by Crippen LogP contribution is -2.28. The summed E-state index contributed by atoms with van der Waals surface area (Å²) in [7, 11) is 1.56. The molecule has 1 aromatic heterocycles. The van der Waals surface area contributed by atoms with Gasteiger partial charge in [0.1, 0.15) is 11.5 Å². The summed E-state index contributed by atoms with van der Waals surface area (Å²) < 4.78 is 10.0. The van der Waals surface area contributed by atoms with E-state index in [1.165, 1.54) is 0 Å². The first-order valence-electron chi connectivity index (χ1n) is 5.89. The number of carbonyl (C=O) groups is 1. The summed E-state index contributed by atoms with van der Waals surface area (Å²) in [6.45, 7) is 2.03. The number of aryl methyl sites for hydroxylation is 1. The van der Waals surface area contributed by atoms with Crippen LogP contribution in [0.4, 0.5) is 10.6 Å². The van der Waals surface area contributed by atoms with Crippen molar-refractivity contribution >= 4 is 23.4 Å². The molecule has 0 atom stereocenters. The second-order valence-corrected chi connectivity index (χ2v) is 4.52. The second kappa shape index (κ2) is 6.29. The molecule has 0 fully saturated rings. The molecule has 0 bridgehead atoms. The van der Waals surface area contributed by atoms with Crippen LogP contribution in [0.1, 0.15) is 11.3 Å². The Balaban J connectivity index is 1.94. The number of amides is 2. The van der Waals surface area contributed by atoms with Crippen LogP contribution in [-0.2, 0) is 6.54 Å². The van der Waals surface area contributed by atoms with Gasteiger partial charge < -0.3 is 14.6 Å². The summed E-state index contributed by atoms with van der Waals surface area (Å²) in [6.07, 6.45) is 0. The van der Waals surface area contributed by atoms with E-state index in [0.29, 0.717) is 22.4 Å². The van der Waals surface area contributed by atoms with Gasteiger partial charge in [0.25, 0.3) is 0 Å². The van der Waals surface area contributed by atoms with Crippen molar-refractivity contribution in [2.75, 3.05) is 12.4 Å². The number of anilines is 1. The van der Waals surface area contributed by atoms with E-state index in [1.807, 2.05) is 0 Å². The largest absolute Gasteiger partial charge is 0.496 e. The fourth-order valence-corrected chi connectivity index (χ4v) is 1.84. The second-order valence-electron chi connectivity index (χ2n) is 4.09. The van der Waals surface area contributed by atoms with Crippen LogP contribution in [0.5, 0.6) is 5.75 Å². The van der Waals surface area contributed by atoms with Crippen molar-refractivity contribution in [3.05, 3.63) is 40.6 Å². The van der Waals surface area contributed by atoms with Crippen LogP contribution in [0.25, 0.3) is 0 Å². The predicted octanol–water partition coefficient (Wildman–Crippen LogP) is 2.97. The third kappa shape index (κ3) is 3.64. The number of methoxy groups -OCH3 is 1. The van der Waals surface area contributed by atoms with Crippen LogP contribution in [-0.4, -0.2) is 18.3 Å². The highest BCUT2D eigenvalue weighted by Crippen LogP contribution is 2.22. The lowest BCUT2D eigenvalue weighted by Gasteiger charge is -2.10. The third-order valence-corrected chi connectivity index (χ3v) is 2.79. The molecular weight excluding hydrogens is 282 g/mol. The maximum Gasteiger partial charge on any atom is 0.320 e. The molecule has 0 saturated heterocycles. The summed E-state index contributed by atoms with van der Waals surface area (Å²) in [4.78, 5) is 11.7. The van der Waals surface area contributed by atoms with Crippen molar-refractivity contribution in [3.63, 3.8) is 0 Å². The van der Waals surface area contributed by atoms with Gasteiger partial charge in [0.15, 0.2) is 5.82 Å². The average Bonchev–Trinajstić information content (AvgIpc) is 2.82. The van der Waals surface area contributed by atoms with Crippen molar-refractivity contribution in [2.24, 2.45) is 0 Å². The molecule has 106 valence electrons. The number of nitrogens with one attached hydrogen (secondary N) is 2. The number of rotatable bonds is 4. The Morgan fingerprint density at radius 1 is 1.45 bits per heavy atom. The standard InChI is InChI=1S/C13H14ClN3O3/c1-8-5-12(17-20-8)16-13(18)15-7-9-6-10(14)3-4-11(9)19-2/h3-6H,7H2,1-2H3,(H2,15,16,17,18). The van der Waals surface area contributed by atoms with Crippen LogP contribution in [0, 0.1) is 6.92 Å². The minimum Gasteiger partial charge on any atom is -0.496 e. The Labute approximate surface area is 121 Å². The SMILES string of the molecule is COc1ccc(Cl)cc1CNC(=O)Nc1cc(C)on1. The molecule has 2 amide bonds.